The number of ether oxygens (including phenoxy) is 2. The van der Waals surface area contributed by atoms with E-state index in [9.17, 15) is 18.0 Å². The molecule has 1 rings (SSSR count). The molecule has 0 aliphatic heterocycles. The first-order valence-electron chi connectivity index (χ1n) is 4.26. The van der Waals surface area contributed by atoms with Crippen LogP contribution in [0, 0.1) is 10.6 Å². The highest BCUT2D eigenvalue weighted by Crippen LogP contribution is 2.30. The lowest BCUT2D eigenvalue weighted by atomic mass is 10.2. The van der Waals surface area contributed by atoms with Crippen molar-refractivity contribution in [2.75, 3.05) is 7.11 Å². The van der Waals surface area contributed by atoms with Crippen molar-refractivity contribution >= 4 is 28.6 Å². The zero-order valence-corrected chi connectivity index (χ0v) is 10.9. The van der Waals surface area contributed by atoms with Crippen LogP contribution in [0.4, 0.5) is 13.2 Å². The molecule has 1 aromatic heterocycles. The smallest absolute Gasteiger partial charge is 0.464 e. The average Bonchev–Trinajstić information content (AvgIpc) is 2.19. The highest BCUT2D eigenvalue weighted by Gasteiger charge is 2.34. The molecule has 0 aromatic carbocycles. The van der Waals surface area contributed by atoms with E-state index in [1.807, 2.05) is 0 Å². The van der Waals surface area contributed by atoms with Crippen LogP contribution in [0.2, 0.25) is 0 Å². The van der Waals surface area contributed by atoms with Crippen LogP contribution in [0.1, 0.15) is 16.1 Å². The third-order valence-corrected chi connectivity index (χ3v) is 2.28. The lowest BCUT2D eigenvalue weighted by molar-refractivity contribution is -0.275. The van der Waals surface area contributed by atoms with Gasteiger partial charge < -0.3 is 9.47 Å². The summed E-state index contributed by atoms with van der Waals surface area (Å²) in [4.78, 5) is 15.0. The Hall–Kier alpha value is -1.06. The average molecular weight is 361 g/mol. The lowest BCUT2D eigenvalue weighted by Crippen LogP contribution is -2.21. The van der Waals surface area contributed by atoms with E-state index >= 15 is 0 Å². The molecule has 1 aromatic rings. The second kappa shape index (κ2) is 5.07. The van der Waals surface area contributed by atoms with E-state index in [2.05, 4.69) is 14.5 Å². The third-order valence-electron chi connectivity index (χ3n) is 1.72. The number of halogens is 4. The number of nitrogens with zero attached hydrogens (tertiary/aromatic N) is 1. The quantitative estimate of drug-likeness (QED) is 0.462. The Morgan fingerprint density at radius 3 is 2.53 bits per heavy atom. The number of methoxy groups -OCH3 is 1. The highest BCUT2D eigenvalue weighted by molar-refractivity contribution is 14.1. The van der Waals surface area contributed by atoms with Crippen molar-refractivity contribution in [2.24, 2.45) is 0 Å². The Labute approximate surface area is 108 Å². The number of carbonyl (C=O) groups is 1. The van der Waals surface area contributed by atoms with Crippen LogP contribution in [0.3, 0.4) is 0 Å². The van der Waals surface area contributed by atoms with Gasteiger partial charge in [-0.05, 0) is 41.1 Å². The van der Waals surface area contributed by atoms with Gasteiger partial charge in [0.05, 0.1) is 7.11 Å². The number of alkyl halides is 3. The number of carbonyl (C=O) groups excluding carboxylic acids is 1. The van der Waals surface area contributed by atoms with Crippen LogP contribution < -0.4 is 4.74 Å². The Balaban J connectivity index is 3.30. The molecule has 4 nitrogen and oxygen atoms in total. The molecule has 0 fully saturated rings. The van der Waals surface area contributed by atoms with Gasteiger partial charge in [-0.15, -0.1) is 13.2 Å². The number of rotatable bonds is 2. The molecule has 8 heteroatoms. The number of aryl methyl sites for hydroxylation is 1. The summed E-state index contributed by atoms with van der Waals surface area (Å²) in [7, 11) is 1.05. The molecule has 0 radical (unpaired) electrons. The van der Waals surface area contributed by atoms with E-state index in [4.69, 9.17) is 0 Å². The predicted molar refractivity (Wildman–Crippen MR) is 59.7 cm³/mol. The monoisotopic (exact) mass is 361 g/mol. The van der Waals surface area contributed by atoms with Gasteiger partial charge in [0, 0.05) is 0 Å². The summed E-state index contributed by atoms with van der Waals surface area (Å²) in [5, 5.41) is 0. The Bertz CT molecular complexity index is 448. The topological polar surface area (TPSA) is 48.4 Å². The molecule has 0 unspecified atom stereocenters. The molecule has 0 amide bonds. The van der Waals surface area contributed by atoms with Crippen LogP contribution in [0.25, 0.3) is 0 Å². The standard InChI is InChI=1S/C9H7F3INO3/c1-4-3-5(13)14-6(8(15)16-2)7(4)17-9(10,11)12/h3H,1-2H3. The second-order valence-corrected chi connectivity index (χ2v) is 4.08. The van der Waals surface area contributed by atoms with Crippen LogP contribution in [0.5, 0.6) is 5.75 Å². The number of pyridine rings is 1. The SMILES string of the molecule is COC(=O)c1nc(I)cc(C)c1OC(F)(F)F. The van der Waals surface area contributed by atoms with Crippen LogP contribution in [-0.2, 0) is 4.74 Å². The highest BCUT2D eigenvalue weighted by atomic mass is 127. The normalized spacial score (nSPS) is 11.2. The van der Waals surface area contributed by atoms with Gasteiger partial charge in [-0.1, -0.05) is 0 Å². The molecule has 0 aliphatic rings. The minimum absolute atomic E-state index is 0.155. The molecule has 94 valence electrons. The fourth-order valence-electron chi connectivity index (χ4n) is 1.10. The van der Waals surface area contributed by atoms with Gasteiger partial charge in [0.1, 0.15) is 3.70 Å². The fourth-order valence-corrected chi connectivity index (χ4v) is 1.81. The van der Waals surface area contributed by atoms with Crippen molar-refractivity contribution in [1.82, 2.24) is 4.98 Å². The Morgan fingerprint density at radius 1 is 1.47 bits per heavy atom. The molecule has 0 aliphatic carbocycles. The fraction of sp³-hybridized carbons (Fsp3) is 0.333. The summed E-state index contributed by atoms with van der Waals surface area (Å²) in [6.07, 6.45) is -4.89. The van der Waals surface area contributed by atoms with Crippen LogP contribution in [-0.4, -0.2) is 24.4 Å². The molecular formula is C9H7F3INO3. The molecule has 0 N–H and O–H groups in total. The van der Waals surface area contributed by atoms with E-state index < -0.39 is 23.8 Å². The first-order chi connectivity index (χ1) is 7.74. The van der Waals surface area contributed by atoms with E-state index in [1.165, 1.54) is 13.0 Å². The molecule has 0 spiro atoms. The molecule has 0 bridgehead atoms. The zero-order valence-electron chi connectivity index (χ0n) is 8.76. The maximum atomic E-state index is 12.2. The number of hydrogen-bond acceptors (Lipinski definition) is 4. The van der Waals surface area contributed by atoms with Gasteiger partial charge >= 0.3 is 12.3 Å². The van der Waals surface area contributed by atoms with Gasteiger partial charge in [0.2, 0.25) is 0 Å². The van der Waals surface area contributed by atoms with Gasteiger partial charge in [0.15, 0.2) is 11.4 Å². The van der Waals surface area contributed by atoms with Gasteiger partial charge in [-0.3, -0.25) is 0 Å². The minimum atomic E-state index is -4.89. The van der Waals surface area contributed by atoms with Crippen molar-refractivity contribution in [1.29, 1.82) is 0 Å². The van der Waals surface area contributed by atoms with Crippen molar-refractivity contribution < 1.29 is 27.4 Å². The van der Waals surface area contributed by atoms with Crippen molar-refractivity contribution in [3.63, 3.8) is 0 Å². The molecule has 0 saturated carbocycles. The van der Waals surface area contributed by atoms with E-state index in [1.54, 1.807) is 22.6 Å². The van der Waals surface area contributed by atoms with Gasteiger partial charge in [0.25, 0.3) is 0 Å². The maximum Gasteiger partial charge on any atom is 0.573 e. The maximum absolute atomic E-state index is 12.2. The summed E-state index contributed by atoms with van der Waals surface area (Å²) in [6.45, 7) is 1.39. The number of hydrogen-bond donors (Lipinski definition) is 0. The number of esters is 1. The van der Waals surface area contributed by atoms with Crippen molar-refractivity contribution in [3.8, 4) is 5.75 Å². The summed E-state index contributed by atoms with van der Waals surface area (Å²) in [5.74, 6) is -1.62. The zero-order chi connectivity index (χ0) is 13.2. The number of aromatic nitrogens is 1. The third kappa shape index (κ3) is 3.72. The van der Waals surface area contributed by atoms with E-state index in [0.717, 1.165) is 7.11 Å². The molecule has 0 atom stereocenters. The molecule has 1 heterocycles. The first kappa shape index (κ1) is 14.0. The van der Waals surface area contributed by atoms with Crippen LogP contribution in [0.15, 0.2) is 6.07 Å². The summed E-state index contributed by atoms with van der Waals surface area (Å²) in [5.41, 5.74) is -0.337. The molecule has 17 heavy (non-hydrogen) atoms. The second-order valence-electron chi connectivity index (χ2n) is 2.98. The lowest BCUT2D eigenvalue weighted by Gasteiger charge is -2.14. The van der Waals surface area contributed by atoms with Gasteiger partial charge in [-0.2, -0.15) is 0 Å². The van der Waals surface area contributed by atoms with Gasteiger partial charge in [-0.25, -0.2) is 9.78 Å². The van der Waals surface area contributed by atoms with E-state index in [0.29, 0.717) is 3.70 Å². The van der Waals surface area contributed by atoms with Crippen molar-refractivity contribution in [2.45, 2.75) is 13.3 Å². The summed E-state index contributed by atoms with van der Waals surface area (Å²) >= 11 is 1.78. The minimum Gasteiger partial charge on any atom is -0.464 e. The predicted octanol–water partition coefficient (Wildman–Crippen LogP) is 2.68. The van der Waals surface area contributed by atoms with Crippen molar-refractivity contribution in [3.05, 3.63) is 21.0 Å². The Kier molecular flexibility index (Phi) is 4.17. The largest absolute Gasteiger partial charge is 0.573 e. The first-order valence-corrected chi connectivity index (χ1v) is 5.33. The molecule has 0 saturated heterocycles. The van der Waals surface area contributed by atoms with E-state index in [-0.39, 0.29) is 5.56 Å². The van der Waals surface area contributed by atoms with Crippen LogP contribution >= 0.6 is 22.6 Å². The Morgan fingerprint density at radius 2 is 2.06 bits per heavy atom. The summed E-state index contributed by atoms with van der Waals surface area (Å²) in [6, 6.07) is 1.37. The summed E-state index contributed by atoms with van der Waals surface area (Å²) < 4.78 is 45.0. The molecular weight excluding hydrogens is 354 g/mol.